The van der Waals surface area contributed by atoms with Crippen LogP contribution in [0.4, 0.5) is 0 Å². The van der Waals surface area contributed by atoms with Crippen LogP contribution in [0, 0.1) is 0 Å². The number of ether oxygens (including phenoxy) is 1. The number of nitrogens with zero attached hydrogens (tertiary/aromatic N) is 2. The first-order valence-corrected chi connectivity index (χ1v) is 4.92. The highest BCUT2D eigenvalue weighted by molar-refractivity contribution is 4.89. The fourth-order valence-electron chi connectivity index (χ4n) is 1.63. The number of nitrogens with one attached hydrogen (secondary N) is 1. The molecule has 74 valence electrons. The van der Waals surface area contributed by atoms with Crippen molar-refractivity contribution in [1.82, 2.24) is 15.3 Å². The molecule has 1 saturated heterocycles. The second kappa shape index (κ2) is 4.60. The molecule has 0 spiro atoms. The topological polar surface area (TPSA) is 27.7 Å². The van der Waals surface area contributed by atoms with Gasteiger partial charge in [-0.25, -0.2) is 5.43 Å². The summed E-state index contributed by atoms with van der Waals surface area (Å²) in [4.78, 5) is 2.44. The SMILES string of the molecule is C1=CN(CCN2CCOCC2)NC1. The lowest BCUT2D eigenvalue weighted by atomic mass is 10.4. The normalized spacial score (nSPS) is 24.2. The average molecular weight is 183 g/mol. The van der Waals surface area contributed by atoms with Crippen molar-refractivity contribution in [2.75, 3.05) is 45.9 Å². The van der Waals surface area contributed by atoms with Crippen molar-refractivity contribution in [2.24, 2.45) is 0 Å². The highest BCUT2D eigenvalue weighted by Gasteiger charge is 2.11. The molecule has 0 aromatic heterocycles. The molecule has 0 unspecified atom stereocenters. The summed E-state index contributed by atoms with van der Waals surface area (Å²) in [5.74, 6) is 0. The summed E-state index contributed by atoms with van der Waals surface area (Å²) in [5.41, 5.74) is 3.26. The Labute approximate surface area is 79.1 Å². The first-order valence-electron chi connectivity index (χ1n) is 4.92. The zero-order chi connectivity index (χ0) is 8.93. The van der Waals surface area contributed by atoms with Crippen molar-refractivity contribution in [1.29, 1.82) is 0 Å². The first-order chi connectivity index (χ1) is 6.45. The van der Waals surface area contributed by atoms with Gasteiger partial charge >= 0.3 is 0 Å². The third-order valence-electron chi connectivity index (χ3n) is 2.46. The molecule has 2 aliphatic heterocycles. The van der Waals surface area contributed by atoms with Crippen LogP contribution in [-0.4, -0.2) is 55.8 Å². The van der Waals surface area contributed by atoms with E-state index in [4.69, 9.17) is 4.74 Å². The lowest BCUT2D eigenvalue weighted by Crippen LogP contribution is -2.42. The maximum atomic E-state index is 5.29. The molecule has 0 amide bonds. The summed E-state index contributed by atoms with van der Waals surface area (Å²) < 4.78 is 5.29. The van der Waals surface area contributed by atoms with Crippen LogP contribution in [0.2, 0.25) is 0 Å². The lowest BCUT2D eigenvalue weighted by Gasteiger charge is -2.28. The number of hydrogen-bond acceptors (Lipinski definition) is 4. The standard InChI is InChI=1S/C9H17N3O/c1-2-10-12(3-1)5-4-11-6-8-13-9-7-11/h1,3,10H,2,4-9H2. The van der Waals surface area contributed by atoms with Gasteiger partial charge in [0.05, 0.1) is 13.2 Å². The Balaban J connectivity index is 1.63. The van der Waals surface area contributed by atoms with Crippen molar-refractivity contribution in [2.45, 2.75) is 0 Å². The van der Waals surface area contributed by atoms with Crippen LogP contribution >= 0.6 is 0 Å². The molecule has 4 heteroatoms. The minimum Gasteiger partial charge on any atom is -0.379 e. The minimum atomic E-state index is 0.892. The van der Waals surface area contributed by atoms with E-state index in [2.05, 4.69) is 27.6 Å². The van der Waals surface area contributed by atoms with E-state index >= 15 is 0 Å². The molecule has 0 aromatic carbocycles. The first kappa shape index (κ1) is 8.99. The second-order valence-corrected chi connectivity index (χ2v) is 3.39. The second-order valence-electron chi connectivity index (χ2n) is 3.39. The molecule has 2 heterocycles. The highest BCUT2D eigenvalue weighted by Crippen LogP contribution is 1.98. The Hall–Kier alpha value is -0.580. The molecule has 0 saturated carbocycles. The van der Waals surface area contributed by atoms with Crippen LogP contribution < -0.4 is 5.43 Å². The van der Waals surface area contributed by atoms with Gasteiger partial charge in [0, 0.05) is 38.9 Å². The van der Waals surface area contributed by atoms with Gasteiger partial charge in [0.2, 0.25) is 0 Å². The Kier molecular flexibility index (Phi) is 3.18. The van der Waals surface area contributed by atoms with Crippen molar-refractivity contribution >= 4 is 0 Å². The van der Waals surface area contributed by atoms with E-state index in [1.165, 1.54) is 0 Å². The zero-order valence-corrected chi connectivity index (χ0v) is 7.91. The number of hydrogen-bond donors (Lipinski definition) is 1. The van der Waals surface area contributed by atoms with Crippen molar-refractivity contribution in [3.05, 3.63) is 12.3 Å². The number of morpholine rings is 1. The molecule has 0 aromatic rings. The lowest BCUT2D eigenvalue weighted by molar-refractivity contribution is 0.0340. The summed E-state index contributed by atoms with van der Waals surface area (Å²) in [6, 6.07) is 0. The van der Waals surface area contributed by atoms with Gasteiger partial charge in [0.15, 0.2) is 0 Å². The molecule has 2 aliphatic rings. The van der Waals surface area contributed by atoms with E-state index in [1.807, 2.05) is 0 Å². The van der Waals surface area contributed by atoms with Crippen LogP contribution in [-0.2, 0) is 4.74 Å². The van der Waals surface area contributed by atoms with Crippen molar-refractivity contribution in [3.8, 4) is 0 Å². The monoisotopic (exact) mass is 183 g/mol. The maximum absolute atomic E-state index is 5.29. The summed E-state index contributed by atoms with van der Waals surface area (Å²) in [5, 5.41) is 2.15. The fourth-order valence-corrected chi connectivity index (χ4v) is 1.63. The maximum Gasteiger partial charge on any atom is 0.0594 e. The number of rotatable bonds is 3. The molecule has 0 radical (unpaired) electrons. The van der Waals surface area contributed by atoms with E-state index in [-0.39, 0.29) is 0 Å². The smallest absolute Gasteiger partial charge is 0.0594 e. The third kappa shape index (κ3) is 2.69. The molecular weight excluding hydrogens is 166 g/mol. The summed E-state index contributed by atoms with van der Waals surface area (Å²) >= 11 is 0. The predicted octanol–water partition coefficient (Wildman–Crippen LogP) is -0.347. The van der Waals surface area contributed by atoms with Gasteiger partial charge in [-0.3, -0.25) is 4.90 Å². The van der Waals surface area contributed by atoms with Gasteiger partial charge in [0.1, 0.15) is 0 Å². The van der Waals surface area contributed by atoms with Gasteiger partial charge < -0.3 is 9.75 Å². The Morgan fingerprint density at radius 2 is 2.08 bits per heavy atom. The van der Waals surface area contributed by atoms with Gasteiger partial charge in [-0.2, -0.15) is 0 Å². The van der Waals surface area contributed by atoms with Crippen LogP contribution in [0.1, 0.15) is 0 Å². The largest absolute Gasteiger partial charge is 0.379 e. The molecule has 0 bridgehead atoms. The van der Waals surface area contributed by atoms with E-state index in [0.29, 0.717) is 0 Å². The molecule has 1 N–H and O–H groups in total. The summed E-state index contributed by atoms with van der Waals surface area (Å²) in [7, 11) is 0. The van der Waals surface area contributed by atoms with Gasteiger partial charge in [-0.15, -0.1) is 0 Å². The molecule has 13 heavy (non-hydrogen) atoms. The summed E-state index contributed by atoms with van der Waals surface area (Å²) in [6.45, 7) is 7.11. The minimum absolute atomic E-state index is 0.892. The van der Waals surface area contributed by atoms with Gasteiger partial charge in [-0.05, 0) is 0 Å². The molecular formula is C9H17N3O. The van der Waals surface area contributed by atoms with E-state index in [1.54, 1.807) is 0 Å². The summed E-state index contributed by atoms with van der Waals surface area (Å²) in [6.07, 6.45) is 4.25. The van der Waals surface area contributed by atoms with Crippen molar-refractivity contribution < 1.29 is 4.74 Å². The quantitative estimate of drug-likeness (QED) is 0.647. The average Bonchev–Trinajstić information content (AvgIpc) is 2.69. The molecule has 1 fully saturated rings. The molecule has 4 nitrogen and oxygen atoms in total. The Morgan fingerprint density at radius 3 is 2.77 bits per heavy atom. The van der Waals surface area contributed by atoms with E-state index < -0.39 is 0 Å². The Morgan fingerprint density at radius 1 is 1.23 bits per heavy atom. The van der Waals surface area contributed by atoms with E-state index in [9.17, 15) is 0 Å². The van der Waals surface area contributed by atoms with Gasteiger partial charge in [-0.1, -0.05) is 6.08 Å². The van der Waals surface area contributed by atoms with Crippen LogP contribution in [0.5, 0.6) is 0 Å². The molecule has 2 rings (SSSR count). The van der Waals surface area contributed by atoms with Crippen LogP contribution in [0.15, 0.2) is 12.3 Å². The third-order valence-corrected chi connectivity index (χ3v) is 2.46. The van der Waals surface area contributed by atoms with Gasteiger partial charge in [0.25, 0.3) is 0 Å². The highest BCUT2D eigenvalue weighted by atomic mass is 16.5. The fraction of sp³-hybridized carbons (Fsp3) is 0.778. The number of hydrazine groups is 1. The molecule has 0 atom stereocenters. The van der Waals surface area contributed by atoms with E-state index in [0.717, 1.165) is 45.9 Å². The van der Waals surface area contributed by atoms with Crippen LogP contribution in [0.25, 0.3) is 0 Å². The molecule has 0 aliphatic carbocycles. The predicted molar refractivity (Wildman–Crippen MR) is 51.1 cm³/mol. The van der Waals surface area contributed by atoms with Crippen molar-refractivity contribution in [3.63, 3.8) is 0 Å². The zero-order valence-electron chi connectivity index (χ0n) is 7.91. The Bertz CT molecular complexity index is 178. The van der Waals surface area contributed by atoms with Crippen LogP contribution in [0.3, 0.4) is 0 Å².